The van der Waals surface area contributed by atoms with Crippen molar-refractivity contribution in [1.29, 1.82) is 0 Å². The molecule has 3 aliphatic rings. The third kappa shape index (κ3) is 2.20. The van der Waals surface area contributed by atoms with Crippen molar-refractivity contribution in [1.82, 2.24) is 0 Å². The van der Waals surface area contributed by atoms with Gasteiger partial charge in [0.05, 0.1) is 0 Å². The molecular weight excluding hydrogens is 240 g/mol. The molecule has 0 aromatic rings. The van der Waals surface area contributed by atoms with Crippen molar-refractivity contribution in [3.8, 4) is 0 Å². The summed E-state index contributed by atoms with van der Waals surface area (Å²) in [7, 11) is 0. The fourth-order valence-electron chi connectivity index (χ4n) is 4.85. The van der Waals surface area contributed by atoms with Gasteiger partial charge in [0.15, 0.2) is 0 Å². The second-order valence-corrected chi connectivity index (χ2v) is 9.38. The summed E-state index contributed by atoms with van der Waals surface area (Å²) in [6.45, 7) is 14.6. The molecule has 0 N–H and O–H groups in total. The molecule has 0 spiro atoms. The lowest BCUT2D eigenvalue weighted by molar-refractivity contribution is 0.439. The summed E-state index contributed by atoms with van der Waals surface area (Å²) in [5.41, 5.74) is 7.94. The van der Waals surface area contributed by atoms with E-state index in [1.165, 1.54) is 38.5 Å². The molecule has 0 amide bonds. The van der Waals surface area contributed by atoms with Crippen LogP contribution in [0, 0.1) is 22.7 Å². The van der Waals surface area contributed by atoms with Crippen LogP contribution < -0.4 is 0 Å². The molecule has 0 aliphatic heterocycles. The number of hydrogen-bond donors (Lipinski definition) is 0. The molecule has 0 saturated heterocycles. The Hall–Kier alpha value is -0.520. The molecule has 20 heavy (non-hydrogen) atoms. The summed E-state index contributed by atoms with van der Waals surface area (Å²) in [6, 6.07) is 0. The van der Waals surface area contributed by atoms with Gasteiger partial charge >= 0.3 is 0 Å². The second-order valence-electron chi connectivity index (χ2n) is 9.38. The molecule has 0 heteroatoms. The lowest BCUT2D eigenvalue weighted by Gasteiger charge is -2.28. The summed E-state index contributed by atoms with van der Waals surface area (Å²) in [4.78, 5) is 0. The van der Waals surface area contributed by atoms with E-state index in [-0.39, 0.29) is 0 Å². The van der Waals surface area contributed by atoms with Gasteiger partial charge in [-0.15, -0.1) is 0 Å². The Kier molecular flexibility index (Phi) is 3.23. The van der Waals surface area contributed by atoms with Crippen molar-refractivity contribution < 1.29 is 0 Å². The summed E-state index contributed by atoms with van der Waals surface area (Å²) >= 11 is 0. The Morgan fingerprint density at radius 1 is 0.700 bits per heavy atom. The van der Waals surface area contributed by atoms with E-state index in [9.17, 15) is 0 Å². The summed E-state index contributed by atoms with van der Waals surface area (Å²) in [6.07, 6.45) is 8.55. The summed E-state index contributed by atoms with van der Waals surface area (Å²) in [5.74, 6) is 1.79. The monoisotopic (exact) mass is 272 g/mol. The van der Waals surface area contributed by atoms with Gasteiger partial charge in [0.25, 0.3) is 0 Å². The Labute approximate surface area is 125 Å². The van der Waals surface area contributed by atoms with Gasteiger partial charge < -0.3 is 0 Å². The van der Waals surface area contributed by atoms with Gasteiger partial charge in [-0.3, -0.25) is 0 Å². The standard InChI is InChI=1S/C20H32/c1-19(2,3)15-12-16(20(4,5)6)18-14-10-8-7-9-13(11-14)17(15)18/h13-14H,7-12H2,1-6H3. The molecule has 0 heterocycles. The van der Waals surface area contributed by atoms with Gasteiger partial charge in [-0.2, -0.15) is 0 Å². The molecular formula is C20H32. The van der Waals surface area contributed by atoms with Crippen molar-refractivity contribution in [3.63, 3.8) is 0 Å². The van der Waals surface area contributed by atoms with E-state index >= 15 is 0 Å². The Morgan fingerprint density at radius 2 is 1.10 bits per heavy atom. The SMILES string of the molecule is CC(C)(C)C1=C2C(=C(C(C)(C)C)C1)C1CCCCC2C1. The fraction of sp³-hybridized carbons (Fsp3) is 0.800. The zero-order chi connectivity index (χ0) is 14.7. The molecule has 0 aromatic carbocycles. The van der Waals surface area contributed by atoms with Gasteiger partial charge in [-0.1, -0.05) is 65.5 Å². The Morgan fingerprint density at radius 3 is 1.45 bits per heavy atom. The number of rotatable bonds is 0. The molecule has 2 fully saturated rings. The maximum Gasteiger partial charge on any atom is -0.00859 e. The minimum absolute atomic E-state index is 0.347. The second kappa shape index (κ2) is 4.49. The van der Waals surface area contributed by atoms with Crippen LogP contribution in [-0.2, 0) is 0 Å². The number of allylic oxidation sites excluding steroid dienone is 4. The van der Waals surface area contributed by atoms with E-state index < -0.39 is 0 Å². The highest BCUT2D eigenvalue weighted by Gasteiger charge is 2.45. The van der Waals surface area contributed by atoms with Crippen LogP contribution in [0.1, 0.15) is 80.1 Å². The normalized spacial score (nSPS) is 30.9. The summed E-state index contributed by atoms with van der Waals surface area (Å²) < 4.78 is 0. The lowest BCUT2D eigenvalue weighted by Crippen LogP contribution is -2.15. The molecule has 0 nitrogen and oxygen atoms in total. The van der Waals surface area contributed by atoms with Crippen LogP contribution in [0.3, 0.4) is 0 Å². The van der Waals surface area contributed by atoms with Crippen molar-refractivity contribution in [3.05, 3.63) is 22.3 Å². The maximum absolute atomic E-state index is 2.43. The van der Waals surface area contributed by atoms with Gasteiger partial charge in [0.1, 0.15) is 0 Å². The van der Waals surface area contributed by atoms with Crippen LogP contribution >= 0.6 is 0 Å². The van der Waals surface area contributed by atoms with Crippen molar-refractivity contribution in [2.24, 2.45) is 22.7 Å². The predicted octanol–water partition coefficient (Wildman–Crippen LogP) is 6.29. The molecule has 2 saturated carbocycles. The molecule has 112 valence electrons. The first-order valence-corrected chi connectivity index (χ1v) is 8.67. The van der Waals surface area contributed by atoms with E-state index in [1.807, 2.05) is 11.1 Å². The molecule has 3 rings (SSSR count). The van der Waals surface area contributed by atoms with Crippen LogP contribution in [0.25, 0.3) is 0 Å². The average molecular weight is 272 g/mol. The van der Waals surface area contributed by atoms with Crippen LogP contribution in [0.2, 0.25) is 0 Å². The van der Waals surface area contributed by atoms with Gasteiger partial charge in [-0.25, -0.2) is 0 Å². The largest absolute Gasteiger partial charge is 0.0570 e. The molecule has 2 atom stereocenters. The molecule has 3 aliphatic carbocycles. The van der Waals surface area contributed by atoms with Crippen LogP contribution in [0.15, 0.2) is 22.3 Å². The van der Waals surface area contributed by atoms with Gasteiger partial charge in [-0.05, 0) is 59.5 Å². The Bertz CT molecular complexity index is 429. The fourth-order valence-corrected chi connectivity index (χ4v) is 4.85. The Balaban J connectivity index is 2.13. The molecule has 2 unspecified atom stereocenters. The van der Waals surface area contributed by atoms with Crippen molar-refractivity contribution in [2.45, 2.75) is 80.1 Å². The smallest absolute Gasteiger partial charge is 0.00859 e. The zero-order valence-electron chi connectivity index (χ0n) is 14.4. The number of hydrogen-bond acceptors (Lipinski definition) is 0. The summed E-state index contributed by atoms with van der Waals surface area (Å²) in [5, 5.41) is 0. The maximum atomic E-state index is 2.43. The van der Waals surface area contributed by atoms with Crippen molar-refractivity contribution >= 4 is 0 Å². The van der Waals surface area contributed by atoms with Crippen LogP contribution in [-0.4, -0.2) is 0 Å². The number of fused-ring (bicyclic) bond motifs is 5. The topological polar surface area (TPSA) is 0 Å². The quantitative estimate of drug-likeness (QED) is 0.486. The molecule has 0 radical (unpaired) electrons. The van der Waals surface area contributed by atoms with Crippen LogP contribution in [0.4, 0.5) is 0 Å². The van der Waals surface area contributed by atoms with E-state index in [1.54, 1.807) is 11.1 Å². The lowest BCUT2D eigenvalue weighted by atomic mass is 9.77. The highest BCUT2D eigenvalue weighted by atomic mass is 14.5. The minimum atomic E-state index is 0.347. The van der Waals surface area contributed by atoms with Crippen LogP contribution in [0.5, 0.6) is 0 Å². The van der Waals surface area contributed by atoms with E-state index in [4.69, 9.17) is 0 Å². The first kappa shape index (κ1) is 14.4. The first-order valence-electron chi connectivity index (χ1n) is 8.67. The van der Waals surface area contributed by atoms with Crippen molar-refractivity contribution in [2.75, 3.05) is 0 Å². The van der Waals surface area contributed by atoms with Gasteiger partial charge in [0, 0.05) is 0 Å². The third-order valence-corrected chi connectivity index (χ3v) is 5.85. The first-order chi connectivity index (χ1) is 9.19. The third-order valence-electron chi connectivity index (χ3n) is 5.85. The highest BCUT2D eigenvalue weighted by molar-refractivity contribution is 5.56. The zero-order valence-corrected chi connectivity index (χ0v) is 14.4. The van der Waals surface area contributed by atoms with E-state index in [0.29, 0.717) is 10.8 Å². The average Bonchev–Trinajstić information content (AvgIpc) is 2.71. The molecule has 2 bridgehead atoms. The van der Waals surface area contributed by atoms with E-state index in [0.717, 1.165) is 11.8 Å². The highest BCUT2D eigenvalue weighted by Crippen LogP contribution is 2.59. The molecule has 0 aromatic heterocycles. The van der Waals surface area contributed by atoms with E-state index in [2.05, 4.69) is 41.5 Å². The minimum Gasteiger partial charge on any atom is -0.0570 e. The predicted molar refractivity (Wildman–Crippen MR) is 87.6 cm³/mol. The van der Waals surface area contributed by atoms with Gasteiger partial charge in [0.2, 0.25) is 0 Å².